The summed E-state index contributed by atoms with van der Waals surface area (Å²) in [5.41, 5.74) is 9.56. The highest BCUT2D eigenvalue weighted by Crippen LogP contribution is 2.40. The van der Waals surface area contributed by atoms with Crippen molar-refractivity contribution in [3.63, 3.8) is 0 Å². The predicted octanol–water partition coefficient (Wildman–Crippen LogP) is 3.94. The zero-order valence-corrected chi connectivity index (χ0v) is 11.5. The van der Waals surface area contributed by atoms with Gasteiger partial charge >= 0.3 is 0 Å². The minimum atomic E-state index is -0.115. The summed E-state index contributed by atoms with van der Waals surface area (Å²) in [6.45, 7) is 0. The van der Waals surface area contributed by atoms with Crippen LogP contribution in [0, 0.1) is 0 Å². The third-order valence-corrected chi connectivity index (χ3v) is 4.37. The molecule has 1 atom stereocenters. The second kappa shape index (κ2) is 4.45. The lowest BCUT2D eigenvalue weighted by Gasteiger charge is -2.12. The highest BCUT2D eigenvalue weighted by atomic mass is 16.1. The molecule has 0 saturated carbocycles. The number of carbonyl (C=O) groups excluding carboxylic acids is 1. The van der Waals surface area contributed by atoms with Gasteiger partial charge in [0.25, 0.3) is 0 Å². The van der Waals surface area contributed by atoms with E-state index in [1.807, 2.05) is 24.3 Å². The number of nitrogen functional groups attached to an aromatic ring is 1. The maximum absolute atomic E-state index is 12.9. The highest BCUT2D eigenvalue weighted by molar-refractivity contribution is 6.08. The lowest BCUT2D eigenvalue weighted by atomic mass is 9.90. The van der Waals surface area contributed by atoms with Crippen LogP contribution < -0.4 is 5.73 Å². The Morgan fingerprint density at radius 3 is 2.52 bits per heavy atom. The summed E-state index contributed by atoms with van der Waals surface area (Å²) in [5, 5.41) is 2.45. The SMILES string of the molecule is Nc1ccccc1C(=O)C1Cc2cccc3cccc1c23. The number of anilines is 1. The molecule has 1 unspecified atom stereocenters. The van der Waals surface area contributed by atoms with Crippen LogP contribution in [0.15, 0.2) is 60.7 Å². The highest BCUT2D eigenvalue weighted by Gasteiger charge is 2.30. The van der Waals surface area contributed by atoms with Gasteiger partial charge in [0.05, 0.1) is 5.92 Å². The quantitative estimate of drug-likeness (QED) is 0.567. The molecule has 0 aliphatic heterocycles. The van der Waals surface area contributed by atoms with E-state index in [1.165, 1.54) is 16.3 Å². The smallest absolute Gasteiger partial charge is 0.172 e. The number of carbonyl (C=O) groups is 1. The second-order valence-corrected chi connectivity index (χ2v) is 5.57. The molecule has 4 rings (SSSR count). The number of hydrogen-bond acceptors (Lipinski definition) is 2. The molecule has 21 heavy (non-hydrogen) atoms. The molecule has 0 aromatic heterocycles. The second-order valence-electron chi connectivity index (χ2n) is 5.57. The van der Waals surface area contributed by atoms with Crippen molar-refractivity contribution in [3.8, 4) is 0 Å². The van der Waals surface area contributed by atoms with Crippen LogP contribution in [0.1, 0.15) is 27.4 Å². The van der Waals surface area contributed by atoms with Gasteiger partial charge < -0.3 is 5.73 Å². The van der Waals surface area contributed by atoms with E-state index in [1.54, 1.807) is 6.07 Å². The van der Waals surface area contributed by atoms with Gasteiger partial charge in [-0.15, -0.1) is 0 Å². The van der Waals surface area contributed by atoms with Gasteiger partial charge in [0, 0.05) is 11.3 Å². The van der Waals surface area contributed by atoms with E-state index in [4.69, 9.17) is 5.73 Å². The molecular weight excluding hydrogens is 258 g/mol. The third-order valence-electron chi connectivity index (χ3n) is 4.37. The van der Waals surface area contributed by atoms with Crippen molar-refractivity contribution < 1.29 is 4.79 Å². The summed E-state index contributed by atoms with van der Waals surface area (Å²) in [5.74, 6) is 0.00704. The van der Waals surface area contributed by atoms with Crippen LogP contribution in [-0.4, -0.2) is 5.78 Å². The molecule has 0 heterocycles. The van der Waals surface area contributed by atoms with Crippen molar-refractivity contribution in [1.29, 1.82) is 0 Å². The van der Waals surface area contributed by atoms with E-state index in [2.05, 4.69) is 30.3 Å². The normalized spacial score (nSPS) is 16.3. The first-order valence-corrected chi connectivity index (χ1v) is 7.15. The van der Waals surface area contributed by atoms with Crippen LogP contribution in [-0.2, 0) is 6.42 Å². The van der Waals surface area contributed by atoms with Gasteiger partial charge in [0.1, 0.15) is 0 Å². The summed E-state index contributed by atoms with van der Waals surface area (Å²) in [7, 11) is 0. The molecule has 0 saturated heterocycles. The summed E-state index contributed by atoms with van der Waals surface area (Å²) in [4.78, 5) is 12.9. The summed E-state index contributed by atoms with van der Waals surface area (Å²) < 4.78 is 0. The Morgan fingerprint density at radius 2 is 1.71 bits per heavy atom. The molecular formula is C19H15NO. The largest absolute Gasteiger partial charge is 0.398 e. The first-order valence-electron chi connectivity index (χ1n) is 7.15. The predicted molar refractivity (Wildman–Crippen MR) is 85.6 cm³/mol. The Balaban J connectivity index is 1.85. The fourth-order valence-electron chi connectivity index (χ4n) is 3.38. The fraction of sp³-hybridized carbons (Fsp3) is 0.105. The van der Waals surface area contributed by atoms with Crippen LogP contribution >= 0.6 is 0 Å². The van der Waals surface area contributed by atoms with Crippen molar-refractivity contribution in [3.05, 3.63) is 77.4 Å². The number of rotatable bonds is 2. The molecule has 0 amide bonds. The van der Waals surface area contributed by atoms with Gasteiger partial charge in [-0.3, -0.25) is 4.79 Å². The molecule has 0 radical (unpaired) electrons. The number of nitrogens with two attached hydrogens (primary N) is 1. The van der Waals surface area contributed by atoms with Crippen LogP contribution in [0.3, 0.4) is 0 Å². The minimum Gasteiger partial charge on any atom is -0.398 e. The maximum Gasteiger partial charge on any atom is 0.172 e. The van der Waals surface area contributed by atoms with E-state index in [0.29, 0.717) is 11.3 Å². The zero-order chi connectivity index (χ0) is 14.4. The van der Waals surface area contributed by atoms with E-state index in [9.17, 15) is 4.79 Å². The van der Waals surface area contributed by atoms with Gasteiger partial charge in [-0.2, -0.15) is 0 Å². The van der Waals surface area contributed by atoms with E-state index >= 15 is 0 Å². The molecule has 3 aromatic rings. The molecule has 2 heteroatoms. The summed E-state index contributed by atoms with van der Waals surface area (Å²) >= 11 is 0. The van der Waals surface area contributed by atoms with Crippen molar-refractivity contribution in [1.82, 2.24) is 0 Å². The maximum atomic E-state index is 12.9. The monoisotopic (exact) mass is 273 g/mol. The zero-order valence-electron chi connectivity index (χ0n) is 11.5. The first kappa shape index (κ1) is 12.2. The average molecular weight is 273 g/mol. The lowest BCUT2D eigenvalue weighted by molar-refractivity contribution is 0.0962. The van der Waals surface area contributed by atoms with Gasteiger partial charge in [0.2, 0.25) is 0 Å². The Morgan fingerprint density at radius 1 is 0.952 bits per heavy atom. The van der Waals surface area contributed by atoms with Gasteiger partial charge in [-0.1, -0.05) is 48.5 Å². The Bertz CT molecular complexity index is 861. The van der Waals surface area contributed by atoms with E-state index < -0.39 is 0 Å². The molecule has 2 N–H and O–H groups in total. The van der Waals surface area contributed by atoms with Crippen LogP contribution in [0.25, 0.3) is 10.8 Å². The van der Waals surface area contributed by atoms with Crippen LogP contribution in [0.2, 0.25) is 0 Å². The Kier molecular flexibility index (Phi) is 2.58. The number of ketones is 1. The Labute approximate surface area is 123 Å². The van der Waals surface area contributed by atoms with Crippen molar-refractivity contribution in [2.45, 2.75) is 12.3 Å². The Hall–Kier alpha value is -2.61. The van der Waals surface area contributed by atoms with Crippen LogP contribution in [0.5, 0.6) is 0 Å². The molecule has 3 aromatic carbocycles. The number of para-hydroxylation sites is 1. The van der Waals surface area contributed by atoms with Gasteiger partial charge in [-0.25, -0.2) is 0 Å². The van der Waals surface area contributed by atoms with Crippen LogP contribution in [0.4, 0.5) is 5.69 Å². The molecule has 0 bridgehead atoms. The third kappa shape index (κ3) is 1.76. The molecule has 0 fully saturated rings. The molecule has 2 nitrogen and oxygen atoms in total. The van der Waals surface area contributed by atoms with Gasteiger partial charge in [0.15, 0.2) is 5.78 Å². The molecule has 0 spiro atoms. The summed E-state index contributed by atoms with van der Waals surface area (Å²) in [6, 6.07) is 19.8. The topological polar surface area (TPSA) is 43.1 Å². The fourth-order valence-corrected chi connectivity index (χ4v) is 3.38. The van der Waals surface area contributed by atoms with Crippen molar-refractivity contribution >= 4 is 22.2 Å². The molecule has 1 aliphatic carbocycles. The standard InChI is InChI=1S/C19H15NO/c20-17-10-2-1-8-15(17)19(21)16-11-13-7-3-5-12-6-4-9-14(16)18(12)13/h1-10,16H,11,20H2. The number of Topliss-reactive ketones (excluding diaryl/α,β-unsaturated/α-hetero) is 1. The van der Waals surface area contributed by atoms with Crippen molar-refractivity contribution in [2.75, 3.05) is 5.73 Å². The first-order chi connectivity index (χ1) is 10.3. The van der Waals surface area contributed by atoms with E-state index in [-0.39, 0.29) is 11.7 Å². The average Bonchev–Trinajstić information content (AvgIpc) is 2.89. The molecule has 1 aliphatic rings. The minimum absolute atomic E-state index is 0.115. The lowest BCUT2D eigenvalue weighted by Crippen LogP contribution is -2.13. The molecule has 102 valence electrons. The summed E-state index contributed by atoms with van der Waals surface area (Å²) in [6.07, 6.45) is 0.768. The van der Waals surface area contributed by atoms with Crippen molar-refractivity contribution in [2.24, 2.45) is 0 Å². The van der Waals surface area contributed by atoms with Gasteiger partial charge in [-0.05, 0) is 40.5 Å². The number of benzene rings is 3. The van der Waals surface area contributed by atoms with E-state index in [0.717, 1.165) is 12.0 Å². The number of hydrogen-bond donors (Lipinski definition) is 1.